The van der Waals surface area contributed by atoms with Gasteiger partial charge in [0.15, 0.2) is 5.03 Å². The van der Waals surface area contributed by atoms with Crippen LogP contribution in [0.1, 0.15) is 50.8 Å². The van der Waals surface area contributed by atoms with Crippen LogP contribution in [0, 0.1) is 12.8 Å². The average Bonchev–Trinajstić information content (AvgIpc) is 2.80. The molecule has 0 aromatic carbocycles. The quantitative estimate of drug-likeness (QED) is 0.647. The molecule has 116 valence electrons. The smallest absolute Gasteiger partial charge is 0.260 e. The van der Waals surface area contributed by atoms with Gasteiger partial charge in [-0.25, -0.2) is 13.1 Å². The normalized spacial score (nSPS) is 13.6. The molecule has 0 spiro atoms. The Labute approximate surface area is 121 Å². The molecule has 20 heavy (non-hydrogen) atoms. The van der Waals surface area contributed by atoms with Gasteiger partial charge in [-0.3, -0.25) is 5.10 Å². The molecule has 0 aliphatic heterocycles. The van der Waals surface area contributed by atoms with Gasteiger partial charge in [0.2, 0.25) is 0 Å². The van der Waals surface area contributed by atoms with Crippen molar-refractivity contribution < 1.29 is 13.5 Å². The predicted molar refractivity (Wildman–Crippen MR) is 77.7 cm³/mol. The summed E-state index contributed by atoms with van der Waals surface area (Å²) in [7, 11) is -3.66. The maximum atomic E-state index is 12.2. The van der Waals surface area contributed by atoms with E-state index in [0.717, 1.165) is 25.7 Å². The SMILES string of the molecule is CCCCC(CC)CNS(=O)(=O)c1n[nH]c(C)c1CO. The average molecular weight is 303 g/mol. The van der Waals surface area contributed by atoms with E-state index >= 15 is 0 Å². The Morgan fingerprint density at radius 2 is 2.10 bits per heavy atom. The van der Waals surface area contributed by atoms with Gasteiger partial charge in [-0.05, 0) is 19.3 Å². The van der Waals surface area contributed by atoms with Crippen molar-refractivity contribution in [2.24, 2.45) is 5.92 Å². The van der Waals surface area contributed by atoms with Crippen LogP contribution in [0.4, 0.5) is 0 Å². The van der Waals surface area contributed by atoms with Gasteiger partial charge in [-0.1, -0.05) is 33.1 Å². The van der Waals surface area contributed by atoms with E-state index in [1.165, 1.54) is 0 Å². The molecule has 1 rings (SSSR count). The number of nitrogens with zero attached hydrogens (tertiary/aromatic N) is 1. The second-order valence-electron chi connectivity index (χ2n) is 5.06. The van der Waals surface area contributed by atoms with Gasteiger partial charge in [0.05, 0.1) is 6.61 Å². The third-order valence-corrected chi connectivity index (χ3v) is 4.95. The molecule has 0 bridgehead atoms. The molecular formula is C13H25N3O3S. The molecule has 1 atom stereocenters. The molecule has 1 heterocycles. The van der Waals surface area contributed by atoms with Crippen LogP contribution in [0.3, 0.4) is 0 Å². The van der Waals surface area contributed by atoms with E-state index in [1.54, 1.807) is 6.92 Å². The van der Waals surface area contributed by atoms with Crippen molar-refractivity contribution in [3.8, 4) is 0 Å². The largest absolute Gasteiger partial charge is 0.392 e. The number of nitrogens with one attached hydrogen (secondary N) is 2. The molecule has 0 saturated carbocycles. The minimum atomic E-state index is -3.66. The van der Waals surface area contributed by atoms with E-state index in [2.05, 4.69) is 28.8 Å². The second kappa shape index (κ2) is 7.75. The lowest BCUT2D eigenvalue weighted by Gasteiger charge is -2.15. The summed E-state index contributed by atoms with van der Waals surface area (Å²) in [4.78, 5) is 0. The molecule has 0 fully saturated rings. The van der Waals surface area contributed by atoms with Gasteiger partial charge >= 0.3 is 0 Å². The highest BCUT2D eigenvalue weighted by Crippen LogP contribution is 2.17. The van der Waals surface area contributed by atoms with Crippen LogP contribution in [0.15, 0.2) is 5.03 Å². The number of rotatable bonds is 9. The monoisotopic (exact) mass is 303 g/mol. The fourth-order valence-electron chi connectivity index (χ4n) is 2.08. The summed E-state index contributed by atoms with van der Waals surface area (Å²) in [5.74, 6) is 0.336. The van der Waals surface area contributed by atoms with Gasteiger partial charge in [0.25, 0.3) is 10.0 Å². The maximum Gasteiger partial charge on any atom is 0.260 e. The Hall–Kier alpha value is -0.920. The van der Waals surface area contributed by atoms with Crippen LogP contribution in [0.5, 0.6) is 0 Å². The van der Waals surface area contributed by atoms with E-state index in [-0.39, 0.29) is 11.6 Å². The number of aromatic amines is 1. The number of hydrogen-bond acceptors (Lipinski definition) is 4. The standard InChI is InChI=1S/C13H25N3O3S/c1-4-6-7-11(5-2)8-14-20(18,19)13-12(9-17)10(3)15-16-13/h11,14,17H,4-9H2,1-3H3,(H,15,16). The fraction of sp³-hybridized carbons (Fsp3) is 0.769. The van der Waals surface area contributed by atoms with E-state index in [0.29, 0.717) is 23.7 Å². The summed E-state index contributed by atoms with van der Waals surface area (Å²) in [6.07, 6.45) is 4.16. The number of aromatic nitrogens is 2. The van der Waals surface area contributed by atoms with Crippen LogP contribution in [0.2, 0.25) is 0 Å². The van der Waals surface area contributed by atoms with Crippen molar-refractivity contribution in [3.05, 3.63) is 11.3 Å². The van der Waals surface area contributed by atoms with Crippen molar-refractivity contribution in [1.29, 1.82) is 0 Å². The van der Waals surface area contributed by atoms with Crippen molar-refractivity contribution in [3.63, 3.8) is 0 Å². The molecule has 0 aliphatic rings. The predicted octanol–water partition coefficient (Wildman–Crippen LogP) is 1.71. The number of aryl methyl sites for hydroxylation is 1. The summed E-state index contributed by atoms with van der Waals surface area (Å²) in [6, 6.07) is 0. The Morgan fingerprint density at radius 3 is 2.65 bits per heavy atom. The fourth-order valence-corrected chi connectivity index (χ4v) is 3.38. The number of hydrogen-bond donors (Lipinski definition) is 3. The lowest BCUT2D eigenvalue weighted by Crippen LogP contribution is -2.30. The molecule has 1 unspecified atom stereocenters. The summed E-state index contributed by atoms with van der Waals surface area (Å²) in [6.45, 7) is 5.94. The number of unbranched alkanes of at least 4 members (excludes halogenated alkanes) is 1. The molecular weight excluding hydrogens is 278 g/mol. The van der Waals surface area contributed by atoms with Crippen molar-refractivity contribution in [1.82, 2.24) is 14.9 Å². The Bertz CT molecular complexity index is 511. The second-order valence-corrected chi connectivity index (χ2v) is 6.74. The molecule has 7 heteroatoms. The first kappa shape index (κ1) is 17.1. The minimum Gasteiger partial charge on any atom is -0.392 e. The highest BCUT2D eigenvalue weighted by Gasteiger charge is 2.23. The van der Waals surface area contributed by atoms with Crippen LogP contribution in [-0.2, 0) is 16.6 Å². The van der Waals surface area contributed by atoms with Crippen LogP contribution in [-0.4, -0.2) is 30.3 Å². The highest BCUT2D eigenvalue weighted by atomic mass is 32.2. The van der Waals surface area contributed by atoms with E-state index in [9.17, 15) is 13.5 Å². The van der Waals surface area contributed by atoms with Crippen LogP contribution in [0.25, 0.3) is 0 Å². The lowest BCUT2D eigenvalue weighted by atomic mass is 10.00. The third-order valence-electron chi connectivity index (χ3n) is 3.55. The Kier molecular flexibility index (Phi) is 6.64. The summed E-state index contributed by atoms with van der Waals surface area (Å²) >= 11 is 0. The zero-order chi connectivity index (χ0) is 15.2. The highest BCUT2D eigenvalue weighted by molar-refractivity contribution is 7.89. The molecule has 3 N–H and O–H groups in total. The molecule has 6 nitrogen and oxygen atoms in total. The molecule has 1 aromatic rings. The molecule has 0 radical (unpaired) electrons. The van der Waals surface area contributed by atoms with E-state index < -0.39 is 10.0 Å². The number of sulfonamides is 1. The summed E-state index contributed by atoms with van der Waals surface area (Å²) in [5.41, 5.74) is 0.907. The van der Waals surface area contributed by atoms with Crippen LogP contribution < -0.4 is 4.72 Å². The zero-order valence-corrected chi connectivity index (χ0v) is 13.3. The summed E-state index contributed by atoms with van der Waals surface area (Å²) in [5, 5.41) is 15.5. The minimum absolute atomic E-state index is 0.0946. The Balaban J connectivity index is 2.74. The molecule has 1 aromatic heterocycles. The van der Waals surface area contributed by atoms with Crippen LogP contribution >= 0.6 is 0 Å². The van der Waals surface area contributed by atoms with Gasteiger partial charge in [-0.2, -0.15) is 5.10 Å². The number of H-pyrrole nitrogens is 1. The van der Waals surface area contributed by atoms with Crippen molar-refractivity contribution in [2.45, 2.75) is 58.1 Å². The topological polar surface area (TPSA) is 95.1 Å². The molecule has 0 saturated heterocycles. The van der Waals surface area contributed by atoms with Gasteiger partial charge in [0, 0.05) is 17.8 Å². The zero-order valence-electron chi connectivity index (χ0n) is 12.4. The maximum absolute atomic E-state index is 12.2. The first-order valence-corrected chi connectivity index (χ1v) is 8.58. The lowest BCUT2D eigenvalue weighted by molar-refractivity contribution is 0.277. The van der Waals surface area contributed by atoms with E-state index in [1.807, 2.05) is 0 Å². The van der Waals surface area contributed by atoms with Gasteiger partial charge < -0.3 is 5.11 Å². The van der Waals surface area contributed by atoms with Crippen molar-refractivity contribution in [2.75, 3.05) is 6.54 Å². The first-order valence-electron chi connectivity index (χ1n) is 7.10. The van der Waals surface area contributed by atoms with Crippen molar-refractivity contribution >= 4 is 10.0 Å². The Morgan fingerprint density at radius 1 is 1.40 bits per heavy atom. The summed E-state index contributed by atoms with van der Waals surface area (Å²) < 4.78 is 27.0. The molecule has 0 amide bonds. The first-order chi connectivity index (χ1) is 9.46. The van der Waals surface area contributed by atoms with Gasteiger partial charge in [-0.15, -0.1) is 0 Å². The van der Waals surface area contributed by atoms with E-state index in [4.69, 9.17) is 0 Å². The number of aliphatic hydroxyl groups excluding tert-OH is 1. The number of aliphatic hydroxyl groups is 1. The third kappa shape index (κ3) is 4.29. The molecule has 0 aliphatic carbocycles. The van der Waals surface area contributed by atoms with Gasteiger partial charge in [0.1, 0.15) is 0 Å².